The van der Waals surface area contributed by atoms with E-state index in [0.29, 0.717) is 5.82 Å². The zero-order chi connectivity index (χ0) is 18.1. The maximum Gasteiger partial charge on any atom is 0.244 e. The molecule has 0 N–H and O–H groups in total. The van der Waals surface area contributed by atoms with Crippen molar-refractivity contribution in [3.8, 4) is 11.4 Å². The van der Waals surface area contributed by atoms with Crippen molar-refractivity contribution >= 4 is 22.6 Å². The molecule has 1 aliphatic heterocycles. The van der Waals surface area contributed by atoms with Crippen LogP contribution in [0.3, 0.4) is 0 Å². The molecule has 1 aromatic heterocycles. The summed E-state index contributed by atoms with van der Waals surface area (Å²) in [5, 5.41) is 0.991. The summed E-state index contributed by atoms with van der Waals surface area (Å²) in [6.07, 6.45) is 1.85. The Bertz CT molecular complexity index is 939. The van der Waals surface area contributed by atoms with E-state index >= 15 is 0 Å². The van der Waals surface area contributed by atoms with Gasteiger partial charge in [0, 0.05) is 31.6 Å². The lowest BCUT2D eigenvalue weighted by Crippen LogP contribution is -2.43. The molecule has 0 bridgehead atoms. The number of para-hydroxylation sites is 1. The van der Waals surface area contributed by atoms with E-state index in [2.05, 4.69) is 4.90 Å². The highest BCUT2D eigenvalue weighted by molar-refractivity contribution is 5.94. The molecule has 1 amide bonds. The van der Waals surface area contributed by atoms with Crippen LogP contribution in [0.4, 0.5) is 5.82 Å². The molecule has 5 heteroatoms. The van der Waals surface area contributed by atoms with Crippen LogP contribution in [0.25, 0.3) is 22.3 Å². The average Bonchev–Trinajstić information content (AvgIpc) is 3.16. The smallest absolute Gasteiger partial charge is 0.244 e. The summed E-state index contributed by atoms with van der Waals surface area (Å²) < 4.78 is 0. The van der Waals surface area contributed by atoms with E-state index in [1.165, 1.54) is 0 Å². The average molecular weight is 346 g/mol. The Morgan fingerprint density at radius 1 is 1.04 bits per heavy atom. The van der Waals surface area contributed by atoms with Crippen molar-refractivity contribution < 1.29 is 4.79 Å². The first-order valence-electron chi connectivity index (χ1n) is 8.95. The van der Waals surface area contributed by atoms with Crippen LogP contribution in [-0.2, 0) is 4.79 Å². The Morgan fingerprint density at radius 3 is 2.54 bits per heavy atom. The van der Waals surface area contributed by atoms with E-state index < -0.39 is 0 Å². The van der Waals surface area contributed by atoms with Crippen molar-refractivity contribution in [2.24, 2.45) is 0 Å². The van der Waals surface area contributed by atoms with Crippen molar-refractivity contribution in [1.29, 1.82) is 0 Å². The molecule has 0 aliphatic carbocycles. The highest BCUT2D eigenvalue weighted by Crippen LogP contribution is 2.32. The number of anilines is 1. The fraction of sp³-hybridized carbons (Fsp3) is 0.286. The molecule has 3 aromatic rings. The number of benzene rings is 2. The van der Waals surface area contributed by atoms with E-state index in [0.717, 1.165) is 41.7 Å². The van der Waals surface area contributed by atoms with Gasteiger partial charge in [-0.05, 0) is 25.0 Å². The molecule has 1 saturated heterocycles. The standard InChI is InChI=1S/C21H22N4O/c1-24(2)21(26)18-13-8-14-25(18)20-16-11-6-7-12-17(16)22-19(23-20)15-9-4-3-5-10-15/h3-7,9-12,18H,8,13-14H2,1-2H3. The second-order valence-corrected chi connectivity index (χ2v) is 6.84. The van der Waals surface area contributed by atoms with E-state index in [9.17, 15) is 4.79 Å². The highest BCUT2D eigenvalue weighted by atomic mass is 16.2. The van der Waals surface area contributed by atoms with Crippen molar-refractivity contribution in [2.75, 3.05) is 25.5 Å². The van der Waals surface area contributed by atoms with Crippen LogP contribution in [0.1, 0.15) is 12.8 Å². The van der Waals surface area contributed by atoms with Gasteiger partial charge < -0.3 is 9.80 Å². The van der Waals surface area contributed by atoms with Gasteiger partial charge in [0.05, 0.1) is 5.52 Å². The van der Waals surface area contributed by atoms with Gasteiger partial charge in [-0.25, -0.2) is 9.97 Å². The molecule has 4 rings (SSSR count). The first-order chi connectivity index (χ1) is 12.6. The summed E-state index contributed by atoms with van der Waals surface area (Å²) in [4.78, 5) is 26.1. The van der Waals surface area contributed by atoms with Gasteiger partial charge in [-0.15, -0.1) is 0 Å². The van der Waals surface area contributed by atoms with Gasteiger partial charge in [0.25, 0.3) is 0 Å². The number of amides is 1. The van der Waals surface area contributed by atoms with E-state index in [1.54, 1.807) is 4.90 Å². The molecule has 1 atom stereocenters. The normalized spacial score (nSPS) is 16.8. The van der Waals surface area contributed by atoms with E-state index in [1.807, 2.05) is 68.7 Å². The lowest BCUT2D eigenvalue weighted by molar-refractivity contribution is -0.129. The maximum atomic E-state index is 12.7. The molecule has 26 heavy (non-hydrogen) atoms. The van der Waals surface area contributed by atoms with Crippen LogP contribution in [0.5, 0.6) is 0 Å². The number of hydrogen-bond acceptors (Lipinski definition) is 4. The zero-order valence-electron chi connectivity index (χ0n) is 15.1. The van der Waals surface area contributed by atoms with Gasteiger partial charge in [-0.1, -0.05) is 42.5 Å². The topological polar surface area (TPSA) is 49.3 Å². The number of nitrogens with zero attached hydrogens (tertiary/aromatic N) is 4. The summed E-state index contributed by atoms with van der Waals surface area (Å²) in [6, 6.07) is 17.9. The Kier molecular flexibility index (Phi) is 4.29. The summed E-state index contributed by atoms with van der Waals surface area (Å²) >= 11 is 0. The largest absolute Gasteiger partial charge is 0.347 e. The van der Waals surface area contributed by atoms with Gasteiger partial charge >= 0.3 is 0 Å². The summed E-state index contributed by atoms with van der Waals surface area (Å²) in [5.41, 5.74) is 1.88. The minimum Gasteiger partial charge on any atom is -0.347 e. The Labute approximate surface area is 153 Å². The molecule has 2 heterocycles. The van der Waals surface area contributed by atoms with Crippen LogP contribution in [0.2, 0.25) is 0 Å². The molecule has 132 valence electrons. The number of carbonyl (C=O) groups excluding carboxylic acids is 1. The predicted octanol–water partition coefficient (Wildman–Crippen LogP) is 3.35. The number of carbonyl (C=O) groups is 1. The van der Waals surface area contributed by atoms with Crippen molar-refractivity contribution in [1.82, 2.24) is 14.9 Å². The Morgan fingerprint density at radius 2 is 1.77 bits per heavy atom. The zero-order valence-corrected chi connectivity index (χ0v) is 15.1. The molecule has 0 spiro atoms. The first-order valence-corrected chi connectivity index (χ1v) is 8.95. The van der Waals surface area contributed by atoms with Crippen LogP contribution in [0.15, 0.2) is 54.6 Å². The molecule has 2 aromatic carbocycles. The third-order valence-corrected chi connectivity index (χ3v) is 4.87. The molecule has 1 fully saturated rings. The molecular formula is C21H22N4O. The van der Waals surface area contributed by atoms with E-state index in [-0.39, 0.29) is 11.9 Å². The van der Waals surface area contributed by atoms with Crippen LogP contribution >= 0.6 is 0 Å². The molecule has 5 nitrogen and oxygen atoms in total. The molecule has 0 saturated carbocycles. The van der Waals surface area contributed by atoms with Gasteiger partial charge in [0.2, 0.25) is 5.91 Å². The Balaban J connectivity index is 1.87. The Hall–Kier alpha value is -2.95. The van der Waals surface area contributed by atoms with Gasteiger partial charge in [-0.2, -0.15) is 0 Å². The first kappa shape index (κ1) is 16.5. The third kappa shape index (κ3) is 2.90. The number of rotatable bonds is 3. The van der Waals surface area contributed by atoms with Crippen LogP contribution in [-0.4, -0.2) is 47.5 Å². The monoisotopic (exact) mass is 346 g/mol. The summed E-state index contributed by atoms with van der Waals surface area (Å²) in [7, 11) is 3.62. The minimum absolute atomic E-state index is 0.131. The van der Waals surface area contributed by atoms with Gasteiger partial charge in [0.15, 0.2) is 5.82 Å². The maximum absolute atomic E-state index is 12.7. The quantitative estimate of drug-likeness (QED) is 0.730. The number of likely N-dealkylation sites (N-methyl/N-ethyl adjacent to an activating group) is 1. The summed E-state index contributed by atoms with van der Waals surface area (Å²) in [6.45, 7) is 0.833. The highest BCUT2D eigenvalue weighted by Gasteiger charge is 2.33. The SMILES string of the molecule is CN(C)C(=O)C1CCCN1c1nc(-c2ccccc2)nc2ccccc12. The lowest BCUT2D eigenvalue weighted by atomic mass is 10.1. The number of fused-ring (bicyclic) bond motifs is 1. The van der Waals surface area contributed by atoms with Crippen molar-refractivity contribution in [3.05, 3.63) is 54.6 Å². The molecule has 1 aliphatic rings. The van der Waals surface area contributed by atoms with Crippen LogP contribution < -0.4 is 4.90 Å². The van der Waals surface area contributed by atoms with E-state index in [4.69, 9.17) is 9.97 Å². The summed E-state index contributed by atoms with van der Waals surface area (Å²) in [5.74, 6) is 1.68. The molecule has 1 unspecified atom stereocenters. The third-order valence-electron chi connectivity index (χ3n) is 4.87. The number of hydrogen-bond donors (Lipinski definition) is 0. The van der Waals surface area contributed by atoms with Crippen molar-refractivity contribution in [2.45, 2.75) is 18.9 Å². The fourth-order valence-corrected chi connectivity index (χ4v) is 3.57. The second kappa shape index (κ2) is 6.75. The second-order valence-electron chi connectivity index (χ2n) is 6.84. The van der Waals surface area contributed by atoms with Gasteiger partial charge in [-0.3, -0.25) is 4.79 Å². The molecular weight excluding hydrogens is 324 g/mol. The van der Waals surface area contributed by atoms with Gasteiger partial charge in [0.1, 0.15) is 11.9 Å². The van der Waals surface area contributed by atoms with Crippen molar-refractivity contribution in [3.63, 3.8) is 0 Å². The predicted molar refractivity (Wildman–Crippen MR) is 104 cm³/mol. The number of aromatic nitrogens is 2. The lowest BCUT2D eigenvalue weighted by Gasteiger charge is -2.28. The molecule has 0 radical (unpaired) electrons. The minimum atomic E-state index is -0.160. The fourth-order valence-electron chi connectivity index (χ4n) is 3.57. The van der Waals surface area contributed by atoms with Crippen LogP contribution in [0, 0.1) is 0 Å².